The van der Waals surface area contributed by atoms with Crippen LogP contribution in [0.1, 0.15) is 24.6 Å². The van der Waals surface area contributed by atoms with Gasteiger partial charge in [-0.15, -0.1) is 0 Å². The number of halogens is 1. The lowest BCUT2D eigenvalue weighted by Crippen LogP contribution is -2.05. The fourth-order valence-electron chi connectivity index (χ4n) is 1.72. The summed E-state index contributed by atoms with van der Waals surface area (Å²) >= 11 is 6.15. The molecule has 4 heteroatoms. The maximum atomic E-state index is 6.15. The summed E-state index contributed by atoms with van der Waals surface area (Å²) in [5, 5.41) is 3.87. The van der Waals surface area contributed by atoms with Gasteiger partial charge in [-0.05, 0) is 37.6 Å². The lowest BCUT2D eigenvalue weighted by Gasteiger charge is -2.10. The predicted molar refractivity (Wildman–Crippen MR) is 83.5 cm³/mol. The van der Waals surface area contributed by atoms with Crippen molar-refractivity contribution in [3.63, 3.8) is 0 Å². The standard InChI is InChI=1S/C16H19ClN2O/c1-3-10-18-16-9-8-14(17)15(19-16)11-20-13-6-4-12(2)5-7-13/h4-9H,3,10-11H2,1-2H3,(H,18,19). The normalized spacial score (nSPS) is 10.3. The van der Waals surface area contributed by atoms with Crippen LogP contribution < -0.4 is 10.1 Å². The first-order valence-electron chi connectivity index (χ1n) is 6.78. The Kier molecular flexibility index (Phi) is 5.24. The second-order valence-electron chi connectivity index (χ2n) is 4.65. The Morgan fingerprint density at radius 1 is 1.15 bits per heavy atom. The lowest BCUT2D eigenvalue weighted by molar-refractivity contribution is 0.301. The third-order valence-corrected chi connectivity index (χ3v) is 3.22. The molecule has 0 bridgehead atoms. The summed E-state index contributed by atoms with van der Waals surface area (Å²) in [5.41, 5.74) is 1.95. The van der Waals surface area contributed by atoms with Gasteiger partial charge in [-0.3, -0.25) is 0 Å². The maximum Gasteiger partial charge on any atom is 0.132 e. The van der Waals surface area contributed by atoms with E-state index in [1.54, 1.807) is 0 Å². The average molecular weight is 291 g/mol. The van der Waals surface area contributed by atoms with Crippen molar-refractivity contribution in [1.29, 1.82) is 0 Å². The van der Waals surface area contributed by atoms with Gasteiger partial charge in [0.05, 0.1) is 10.7 Å². The summed E-state index contributed by atoms with van der Waals surface area (Å²) in [6, 6.07) is 11.7. The molecule has 2 aromatic rings. The lowest BCUT2D eigenvalue weighted by atomic mass is 10.2. The topological polar surface area (TPSA) is 34.1 Å². The van der Waals surface area contributed by atoms with Gasteiger partial charge in [-0.1, -0.05) is 36.2 Å². The molecule has 0 amide bonds. The second-order valence-corrected chi connectivity index (χ2v) is 5.06. The maximum absolute atomic E-state index is 6.15. The van der Waals surface area contributed by atoms with Crippen LogP contribution >= 0.6 is 11.6 Å². The zero-order valence-electron chi connectivity index (χ0n) is 11.8. The van der Waals surface area contributed by atoms with E-state index in [1.807, 2.05) is 43.3 Å². The van der Waals surface area contributed by atoms with Gasteiger partial charge in [0.2, 0.25) is 0 Å². The van der Waals surface area contributed by atoms with E-state index in [1.165, 1.54) is 5.56 Å². The molecule has 20 heavy (non-hydrogen) atoms. The molecule has 1 heterocycles. The van der Waals surface area contributed by atoms with Crippen LogP contribution in [0.25, 0.3) is 0 Å². The Balaban J connectivity index is 2.02. The Bertz CT molecular complexity index is 555. The third kappa shape index (κ3) is 4.14. The van der Waals surface area contributed by atoms with E-state index in [2.05, 4.69) is 17.2 Å². The van der Waals surface area contributed by atoms with Gasteiger partial charge >= 0.3 is 0 Å². The molecule has 106 valence electrons. The molecule has 0 atom stereocenters. The van der Waals surface area contributed by atoms with Gasteiger partial charge in [0.1, 0.15) is 18.2 Å². The molecule has 0 fully saturated rings. The van der Waals surface area contributed by atoms with E-state index in [4.69, 9.17) is 16.3 Å². The van der Waals surface area contributed by atoms with Gasteiger partial charge in [0.25, 0.3) is 0 Å². The first kappa shape index (κ1) is 14.7. The van der Waals surface area contributed by atoms with E-state index < -0.39 is 0 Å². The highest BCUT2D eigenvalue weighted by Crippen LogP contribution is 2.19. The number of ether oxygens (including phenoxy) is 1. The first-order chi connectivity index (χ1) is 9.69. The summed E-state index contributed by atoms with van der Waals surface area (Å²) in [7, 11) is 0. The van der Waals surface area contributed by atoms with Crippen LogP contribution in [0.2, 0.25) is 5.02 Å². The third-order valence-electron chi connectivity index (χ3n) is 2.87. The molecule has 2 rings (SSSR count). The minimum absolute atomic E-state index is 0.365. The number of hydrogen-bond acceptors (Lipinski definition) is 3. The highest BCUT2D eigenvalue weighted by Gasteiger charge is 2.05. The fraction of sp³-hybridized carbons (Fsp3) is 0.312. The van der Waals surface area contributed by atoms with Crippen LogP contribution in [0.3, 0.4) is 0 Å². The Labute approximate surface area is 124 Å². The predicted octanol–water partition coefficient (Wildman–Crippen LogP) is 4.44. The van der Waals surface area contributed by atoms with Crippen molar-refractivity contribution in [2.45, 2.75) is 26.9 Å². The Morgan fingerprint density at radius 2 is 1.90 bits per heavy atom. The number of benzene rings is 1. The molecule has 0 saturated heterocycles. The summed E-state index contributed by atoms with van der Waals surface area (Å²) in [4.78, 5) is 4.47. The Morgan fingerprint density at radius 3 is 2.60 bits per heavy atom. The van der Waals surface area contributed by atoms with Crippen molar-refractivity contribution in [3.05, 3.63) is 52.7 Å². The monoisotopic (exact) mass is 290 g/mol. The van der Waals surface area contributed by atoms with Crippen molar-refractivity contribution in [2.24, 2.45) is 0 Å². The van der Waals surface area contributed by atoms with E-state index in [9.17, 15) is 0 Å². The van der Waals surface area contributed by atoms with Gasteiger partial charge in [0.15, 0.2) is 0 Å². The molecular formula is C16H19ClN2O. The number of pyridine rings is 1. The van der Waals surface area contributed by atoms with E-state index >= 15 is 0 Å². The number of nitrogens with zero attached hydrogens (tertiary/aromatic N) is 1. The van der Waals surface area contributed by atoms with Gasteiger partial charge in [-0.2, -0.15) is 0 Å². The zero-order chi connectivity index (χ0) is 14.4. The molecule has 0 aliphatic carbocycles. The summed E-state index contributed by atoms with van der Waals surface area (Å²) < 4.78 is 5.71. The number of nitrogens with one attached hydrogen (secondary N) is 1. The van der Waals surface area contributed by atoms with Crippen LogP contribution in [0.15, 0.2) is 36.4 Å². The minimum Gasteiger partial charge on any atom is -0.487 e. The molecule has 1 aromatic carbocycles. The van der Waals surface area contributed by atoms with Crippen molar-refractivity contribution in [2.75, 3.05) is 11.9 Å². The van der Waals surface area contributed by atoms with Crippen molar-refractivity contribution >= 4 is 17.4 Å². The quantitative estimate of drug-likeness (QED) is 0.854. The molecular weight excluding hydrogens is 272 g/mol. The highest BCUT2D eigenvalue weighted by molar-refractivity contribution is 6.31. The molecule has 1 N–H and O–H groups in total. The van der Waals surface area contributed by atoms with Crippen LogP contribution in [-0.4, -0.2) is 11.5 Å². The number of rotatable bonds is 6. The molecule has 0 aliphatic rings. The highest BCUT2D eigenvalue weighted by atomic mass is 35.5. The van der Waals surface area contributed by atoms with Gasteiger partial charge in [0, 0.05) is 6.54 Å². The van der Waals surface area contributed by atoms with Gasteiger partial charge in [-0.25, -0.2) is 4.98 Å². The van der Waals surface area contributed by atoms with Crippen LogP contribution in [0, 0.1) is 6.92 Å². The minimum atomic E-state index is 0.365. The average Bonchev–Trinajstić information content (AvgIpc) is 2.46. The molecule has 1 aromatic heterocycles. The van der Waals surface area contributed by atoms with Crippen LogP contribution in [0.4, 0.5) is 5.82 Å². The van der Waals surface area contributed by atoms with Crippen molar-refractivity contribution < 1.29 is 4.74 Å². The molecule has 0 aliphatic heterocycles. The van der Waals surface area contributed by atoms with Crippen LogP contribution in [-0.2, 0) is 6.61 Å². The SMILES string of the molecule is CCCNc1ccc(Cl)c(COc2ccc(C)cc2)n1. The van der Waals surface area contributed by atoms with E-state index in [0.717, 1.165) is 30.2 Å². The number of aryl methyl sites for hydroxylation is 1. The number of anilines is 1. The number of aromatic nitrogens is 1. The van der Waals surface area contributed by atoms with E-state index in [0.29, 0.717) is 11.6 Å². The molecule has 0 spiro atoms. The fourth-order valence-corrected chi connectivity index (χ4v) is 1.88. The molecule has 0 radical (unpaired) electrons. The first-order valence-corrected chi connectivity index (χ1v) is 7.15. The number of hydrogen-bond donors (Lipinski definition) is 1. The van der Waals surface area contributed by atoms with Gasteiger partial charge < -0.3 is 10.1 Å². The summed E-state index contributed by atoms with van der Waals surface area (Å²) in [6.07, 6.45) is 1.06. The zero-order valence-corrected chi connectivity index (χ0v) is 12.6. The van der Waals surface area contributed by atoms with Crippen molar-refractivity contribution in [3.8, 4) is 5.75 Å². The summed E-state index contributed by atoms with van der Waals surface area (Å²) in [5.74, 6) is 1.65. The Hall–Kier alpha value is -1.74. The molecule has 0 unspecified atom stereocenters. The molecule has 3 nitrogen and oxygen atoms in total. The van der Waals surface area contributed by atoms with Crippen molar-refractivity contribution in [1.82, 2.24) is 4.98 Å². The molecule has 0 saturated carbocycles. The summed E-state index contributed by atoms with van der Waals surface area (Å²) in [6.45, 7) is 5.42. The smallest absolute Gasteiger partial charge is 0.132 e. The van der Waals surface area contributed by atoms with E-state index in [-0.39, 0.29) is 0 Å². The second kappa shape index (κ2) is 7.15. The van der Waals surface area contributed by atoms with Crippen LogP contribution in [0.5, 0.6) is 5.75 Å². The largest absolute Gasteiger partial charge is 0.487 e.